The van der Waals surface area contributed by atoms with Crippen LogP contribution in [-0.4, -0.2) is 31.5 Å². The minimum absolute atomic E-state index is 0.0862. The number of anilines is 2. The molecule has 1 aliphatic rings. The fraction of sp³-hybridized carbons (Fsp3) is 0.167. The summed E-state index contributed by atoms with van der Waals surface area (Å²) >= 11 is 0. The molecule has 2 aromatic rings. The first-order chi connectivity index (χ1) is 10.5. The van der Waals surface area contributed by atoms with Gasteiger partial charge in [0.05, 0.1) is 11.3 Å². The predicted molar refractivity (Wildman–Crippen MR) is 74.0 cm³/mol. The zero-order valence-electron chi connectivity index (χ0n) is 11.1. The molecule has 0 bridgehead atoms. The molecule has 2 amide bonds. The molecule has 0 fully saturated rings. The highest BCUT2D eigenvalue weighted by Gasteiger charge is 2.32. The van der Waals surface area contributed by atoms with E-state index in [1.54, 1.807) is 0 Å². The lowest BCUT2D eigenvalue weighted by molar-refractivity contribution is -0.384. The number of hydrogen-bond acceptors (Lipinski definition) is 6. The SMILES string of the molecule is O=C1C[C@@H](C(=O)Nc2cccc([N+](=O)[O-])c2)n2ncnc2N1. The van der Waals surface area contributed by atoms with Crippen molar-refractivity contribution < 1.29 is 14.5 Å². The van der Waals surface area contributed by atoms with Crippen LogP contribution in [0.5, 0.6) is 0 Å². The number of aromatic nitrogens is 3. The molecule has 2 N–H and O–H groups in total. The molecule has 3 rings (SSSR count). The molecule has 1 atom stereocenters. The Bertz CT molecular complexity index is 770. The van der Waals surface area contributed by atoms with Gasteiger partial charge in [-0.2, -0.15) is 10.1 Å². The summed E-state index contributed by atoms with van der Waals surface area (Å²) in [7, 11) is 0. The Morgan fingerprint density at radius 2 is 2.32 bits per heavy atom. The molecule has 0 saturated carbocycles. The number of nitrogens with one attached hydrogen (secondary N) is 2. The summed E-state index contributed by atoms with van der Waals surface area (Å²) in [5, 5.41) is 19.7. The minimum Gasteiger partial charge on any atom is -0.324 e. The van der Waals surface area contributed by atoms with E-state index in [0.717, 1.165) is 0 Å². The number of rotatable bonds is 3. The maximum atomic E-state index is 12.3. The molecule has 112 valence electrons. The number of benzene rings is 1. The Hall–Kier alpha value is -3.30. The van der Waals surface area contributed by atoms with Gasteiger partial charge in [0.25, 0.3) is 5.69 Å². The average molecular weight is 302 g/mol. The Morgan fingerprint density at radius 1 is 1.50 bits per heavy atom. The first kappa shape index (κ1) is 13.7. The highest BCUT2D eigenvalue weighted by molar-refractivity contribution is 6.00. The van der Waals surface area contributed by atoms with Gasteiger partial charge in [-0.15, -0.1) is 0 Å². The van der Waals surface area contributed by atoms with Crippen molar-refractivity contribution in [1.29, 1.82) is 0 Å². The number of nitro benzene ring substituents is 1. The highest BCUT2D eigenvalue weighted by Crippen LogP contribution is 2.24. The Balaban J connectivity index is 1.82. The molecule has 0 saturated heterocycles. The number of nitrogens with zero attached hydrogens (tertiary/aromatic N) is 4. The second-order valence-electron chi connectivity index (χ2n) is 4.59. The van der Waals surface area contributed by atoms with Crippen LogP contribution in [0.25, 0.3) is 0 Å². The lowest BCUT2D eigenvalue weighted by atomic mass is 10.1. The van der Waals surface area contributed by atoms with Gasteiger partial charge < -0.3 is 5.32 Å². The Kier molecular flexibility index (Phi) is 3.26. The van der Waals surface area contributed by atoms with Crippen LogP contribution in [0.2, 0.25) is 0 Å². The third-order valence-electron chi connectivity index (χ3n) is 3.13. The summed E-state index contributed by atoms with van der Waals surface area (Å²) in [4.78, 5) is 37.9. The first-order valence-electron chi connectivity index (χ1n) is 6.29. The van der Waals surface area contributed by atoms with E-state index in [2.05, 4.69) is 20.7 Å². The summed E-state index contributed by atoms with van der Waals surface area (Å²) in [6.45, 7) is 0. The summed E-state index contributed by atoms with van der Waals surface area (Å²) < 4.78 is 1.30. The summed E-state index contributed by atoms with van der Waals surface area (Å²) in [6, 6.07) is 4.69. The molecule has 22 heavy (non-hydrogen) atoms. The van der Waals surface area contributed by atoms with Gasteiger partial charge in [-0.05, 0) is 6.07 Å². The van der Waals surface area contributed by atoms with E-state index in [1.165, 1.54) is 35.3 Å². The van der Waals surface area contributed by atoms with Gasteiger partial charge in [-0.25, -0.2) is 4.68 Å². The topological polar surface area (TPSA) is 132 Å². The van der Waals surface area contributed by atoms with Crippen LogP contribution in [0.1, 0.15) is 12.5 Å². The molecule has 0 unspecified atom stereocenters. The van der Waals surface area contributed by atoms with Crippen LogP contribution < -0.4 is 10.6 Å². The number of fused-ring (bicyclic) bond motifs is 1. The summed E-state index contributed by atoms with van der Waals surface area (Å²) in [5.74, 6) is -0.655. The highest BCUT2D eigenvalue weighted by atomic mass is 16.6. The van der Waals surface area contributed by atoms with Gasteiger partial charge in [0, 0.05) is 17.8 Å². The van der Waals surface area contributed by atoms with Crippen molar-refractivity contribution in [2.24, 2.45) is 0 Å². The molecule has 10 heteroatoms. The zero-order valence-corrected chi connectivity index (χ0v) is 11.1. The molecule has 0 radical (unpaired) electrons. The molecular formula is C12H10N6O4. The zero-order chi connectivity index (χ0) is 15.7. The van der Waals surface area contributed by atoms with Gasteiger partial charge in [0.2, 0.25) is 17.8 Å². The molecule has 1 aliphatic heterocycles. The van der Waals surface area contributed by atoms with E-state index < -0.39 is 16.9 Å². The third-order valence-corrected chi connectivity index (χ3v) is 3.13. The van der Waals surface area contributed by atoms with Crippen molar-refractivity contribution in [2.75, 3.05) is 10.6 Å². The lowest BCUT2D eigenvalue weighted by Gasteiger charge is -2.22. The number of non-ortho nitro benzene ring substituents is 1. The normalized spacial score (nSPS) is 16.5. The van der Waals surface area contributed by atoms with Crippen LogP contribution in [0, 0.1) is 10.1 Å². The lowest BCUT2D eigenvalue weighted by Crippen LogP contribution is -2.36. The van der Waals surface area contributed by atoms with Gasteiger partial charge >= 0.3 is 0 Å². The van der Waals surface area contributed by atoms with Crippen molar-refractivity contribution in [3.05, 3.63) is 40.7 Å². The third kappa shape index (κ3) is 2.49. The van der Waals surface area contributed by atoms with Crippen LogP contribution in [0.15, 0.2) is 30.6 Å². The Morgan fingerprint density at radius 3 is 3.09 bits per heavy atom. The molecular weight excluding hydrogens is 292 g/mol. The van der Waals surface area contributed by atoms with E-state index in [-0.39, 0.29) is 29.7 Å². The maximum absolute atomic E-state index is 12.3. The minimum atomic E-state index is -0.856. The van der Waals surface area contributed by atoms with Crippen molar-refractivity contribution in [1.82, 2.24) is 14.8 Å². The fourth-order valence-corrected chi connectivity index (χ4v) is 2.13. The van der Waals surface area contributed by atoms with Crippen LogP contribution in [0.4, 0.5) is 17.3 Å². The van der Waals surface area contributed by atoms with Gasteiger partial charge in [-0.3, -0.25) is 25.0 Å². The fourth-order valence-electron chi connectivity index (χ4n) is 2.13. The van der Waals surface area contributed by atoms with E-state index in [1.807, 2.05) is 0 Å². The predicted octanol–water partition coefficient (Wildman–Crippen LogP) is 0.708. The number of carbonyl (C=O) groups excluding carboxylic acids is 2. The van der Waals surface area contributed by atoms with Crippen LogP contribution in [-0.2, 0) is 9.59 Å². The van der Waals surface area contributed by atoms with Gasteiger partial charge in [-0.1, -0.05) is 6.07 Å². The van der Waals surface area contributed by atoms with Gasteiger partial charge in [0.15, 0.2) is 0 Å². The standard InChI is InChI=1S/C12H10N6O4/c19-10-5-9(17-12(16-10)13-6-14-17)11(20)15-7-2-1-3-8(4-7)18(21)22/h1-4,6,9H,5H2,(H,15,20)(H,13,14,16,19)/t9-/m0/s1. The summed E-state index contributed by atoms with van der Waals surface area (Å²) in [6.07, 6.45) is 1.14. The molecule has 1 aromatic heterocycles. The van der Waals surface area contributed by atoms with Crippen molar-refractivity contribution in [3.63, 3.8) is 0 Å². The Labute approximate surface area is 123 Å². The molecule has 10 nitrogen and oxygen atoms in total. The van der Waals surface area contributed by atoms with Crippen molar-refractivity contribution in [3.8, 4) is 0 Å². The van der Waals surface area contributed by atoms with Crippen LogP contribution >= 0.6 is 0 Å². The monoisotopic (exact) mass is 302 g/mol. The summed E-state index contributed by atoms with van der Waals surface area (Å²) in [5.41, 5.74) is 0.132. The maximum Gasteiger partial charge on any atom is 0.271 e. The van der Waals surface area contributed by atoms with E-state index in [9.17, 15) is 19.7 Å². The van der Waals surface area contributed by atoms with E-state index in [4.69, 9.17) is 0 Å². The molecule has 0 spiro atoms. The molecule has 1 aromatic carbocycles. The van der Waals surface area contributed by atoms with Gasteiger partial charge in [0.1, 0.15) is 12.4 Å². The largest absolute Gasteiger partial charge is 0.324 e. The first-order valence-corrected chi connectivity index (χ1v) is 6.29. The number of amides is 2. The van der Waals surface area contributed by atoms with Crippen molar-refractivity contribution in [2.45, 2.75) is 12.5 Å². The second kappa shape index (κ2) is 5.24. The number of carbonyl (C=O) groups is 2. The number of hydrogen-bond donors (Lipinski definition) is 2. The quantitative estimate of drug-likeness (QED) is 0.633. The second-order valence-corrected chi connectivity index (χ2v) is 4.59. The molecule has 0 aliphatic carbocycles. The number of nitro groups is 1. The van der Waals surface area contributed by atoms with E-state index >= 15 is 0 Å². The van der Waals surface area contributed by atoms with E-state index in [0.29, 0.717) is 0 Å². The van der Waals surface area contributed by atoms with Crippen LogP contribution in [0.3, 0.4) is 0 Å². The molecule has 2 heterocycles. The van der Waals surface area contributed by atoms with Crippen molar-refractivity contribution >= 4 is 29.1 Å². The smallest absolute Gasteiger partial charge is 0.271 e. The average Bonchev–Trinajstić information content (AvgIpc) is 2.94.